The molecule has 0 N–H and O–H groups in total. The minimum atomic E-state index is 0.425. The van der Waals surface area contributed by atoms with Crippen LogP contribution in [0.5, 0.6) is 0 Å². The highest BCUT2D eigenvalue weighted by Crippen LogP contribution is 2.09. The third kappa shape index (κ3) is 2.55. The molecule has 2 heterocycles. The van der Waals surface area contributed by atoms with Gasteiger partial charge in [-0.3, -0.25) is 4.98 Å². The fourth-order valence-electron chi connectivity index (χ4n) is 1.06. The van der Waals surface area contributed by atoms with Crippen LogP contribution in [0.2, 0.25) is 5.15 Å². The Morgan fingerprint density at radius 3 is 2.67 bits per heavy atom. The van der Waals surface area contributed by atoms with E-state index < -0.39 is 0 Å². The van der Waals surface area contributed by atoms with E-state index in [1.165, 1.54) is 0 Å². The molecule has 0 saturated heterocycles. The van der Waals surface area contributed by atoms with E-state index in [-0.39, 0.29) is 0 Å². The number of hydrogen-bond donors (Lipinski definition) is 0. The molecule has 0 amide bonds. The van der Waals surface area contributed by atoms with E-state index in [9.17, 15) is 0 Å². The van der Waals surface area contributed by atoms with Gasteiger partial charge in [0.1, 0.15) is 5.15 Å². The van der Waals surface area contributed by atoms with Crippen molar-refractivity contribution in [1.82, 2.24) is 9.97 Å². The first kappa shape index (κ1) is 9.70. The van der Waals surface area contributed by atoms with Crippen molar-refractivity contribution in [1.29, 1.82) is 0 Å². The molecule has 0 aliphatic rings. The third-order valence-electron chi connectivity index (χ3n) is 1.76. The first-order valence-electron chi connectivity index (χ1n) is 4.39. The van der Waals surface area contributed by atoms with E-state index in [1.807, 2.05) is 18.2 Å². The summed E-state index contributed by atoms with van der Waals surface area (Å²) in [6.07, 6.45) is 5.05. The predicted molar refractivity (Wildman–Crippen MR) is 59.5 cm³/mol. The lowest BCUT2D eigenvalue weighted by Crippen LogP contribution is -1.81. The van der Waals surface area contributed by atoms with E-state index in [0.717, 1.165) is 11.1 Å². The molecule has 0 saturated carbocycles. The molecule has 0 aromatic carbocycles. The monoisotopic (exact) mass is 214 g/mol. The summed E-state index contributed by atoms with van der Waals surface area (Å²) in [5.41, 5.74) is 1.58. The summed E-state index contributed by atoms with van der Waals surface area (Å²) in [6.45, 7) is 0. The second-order valence-electron chi connectivity index (χ2n) is 2.83. The fraction of sp³-hybridized carbons (Fsp3) is 0. The van der Waals surface area contributed by atoms with E-state index >= 15 is 0 Å². The quantitative estimate of drug-likeness (QED) is 0.498. The molecule has 0 aliphatic carbocycles. The van der Waals surface area contributed by atoms with Gasteiger partial charge in [-0.25, -0.2) is 4.98 Å². The Kier molecular flexibility index (Phi) is 2.96. The molecule has 0 aliphatic heterocycles. The van der Waals surface area contributed by atoms with Crippen LogP contribution in [-0.4, -0.2) is 9.97 Å². The Morgan fingerprint density at radius 2 is 1.93 bits per heavy atom. The van der Waals surface area contributed by atoms with Gasteiger partial charge >= 0.3 is 0 Å². The number of nitrogens with zero attached hydrogens (tertiary/aromatic N) is 2. The molecule has 2 aromatic rings. The Morgan fingerprint density at radius 1 is 1.07 bits per heavy atom. The van der Waals surface area contributed by atoms with Crippen molar-refractivity contribution >= 4 is 11.6 Å². The van der Waals surface area contributed by atoms with E-state index in [1.54, 1.807) is 24.7 Å². The van der Waals surface area contributed by atoms with E-state index in [2.05, 4.69) is 21.8 Å². The van der Waals surface area contributed by atoms with Crippen LogP contribution in [0.1, 0.15) is 11.1 Å². The summed E-state index contributed by atoms with van der Waals surface area (Å²) in [7, 11) is 0. The molecule has 0 fully saturated rings. The Labute approximate surface area is 93.0 Å². The zero-order chi connectivity index (χ0) is 10.5. The van der Waals surface area contributed by atoms with Crippen LogP contribution in [0.25, 0.3) is 0 Å². The number of halogens is 1. The molecule has 15 heavy (non-hydrogen) atoms. The molecule has 0 atom stereocenters. The summed E-state index contributed by atoms with van der Waals surface area (Å²) in [4.78, 5) is 7.91. The Hall–Kier alpha value is -1.85. The van der Waals surface area contributed by atoms with Crippen molar-refractivity contribution in [3.05, 3.63) is 59.1 Å². The SMILES string of the molecule is Clc1ncccc1C#Cc1cccnc1. The average molecular weight is 215 g/mol. The highest BCUT2D eigenvalue weighted by Gasteiger charge is 1.94. The molecule has 0 bridgehead atoms. The normalized spacial score (nSPS) is 9.13. The lowest BCUT2D eigenvalue weighted by Gasteiger charge is -1.91. The molecule has 0 spiro atoms. The Balaban J connectivity index is 2.31. The maximum Gasteiger partial charge on any atom is 0.144 e. The van der Waals surface area contributed by atoms with Crippen molar-refractivity contribution in [3.8, 4) is 11.8 Å². The van der Waals surface area contributed by atoms with Gasteiger partial charge in [-0.1, -0.05) is 23.4 Å². The van der Waals surface area contributed by atoms with E-state index in [4.69, 9.17) is 11.6 Å². The maximum absolute atomic E-state index is 5.86. The molecule has 0 unspecified atom stereocenters. The second kappa shape index (κ2) is 4.59. The lowest BCUT2D eigenvalue weighted by molar-refractivity contribution is 1.31. The van der Waals surface area contributed by atoms with Gasteiger partial charge in [0, 0.05) is 24.2 Å². The molecule has 2 aromatic heterocycles. The van der Waals surface area contributed by atoms with Gasteiger partial charge in [0.2, 0.25) is 0 Å². The van der Waals surface area contributed by atoms with Gasteiger partial charge in [0.15, 0.2) is 0 Å². The van der Waals surface area contributed by atoms with Crippen LogP contribution in [0.4, 0.5) is 0 Å². The molecular weight excluding hydrogens is 208 g/mol. The average Bonchev–Trinajstić information content (AvgIpc) is 2.29. The molecule has 2 nitrogen and oxygen atoms in total. The number of rotatable bonds is 0. The van der Waals surface area contributed by atoms with Gasteiger partial charge in [-0.15, -0.1) is 0 Å². The van der Waals surface area contributed by atoms with Crippen LogP contribution in [0, 0.1) is 11.8 Å². The summed E-state index contributed by atoms with van der Waals surface area (Å²) >= 11 is 5.86. The summed E-state index contributed by atoms with van der Waals surface area (Å²) < 4.78 is 0. The minimum Gasteiger partial charge on any atom is -0.263 e. The highest BCUT2D eigenvalue weighted by atomic mass is 35.5. The van der Waals surface area contributed by atoms with Crippen molar-refractivity contribution in [2.45, 2.75) is 0 Å². The highest BCUT2D eigenvalue weighted by molar-refractivity contribution is 6.30. The van der Waals surface area contributed by atoms with Crippen LogP contribution in [-0.2, 0) is 0 Å². The van der Waals surface area contributed by atoms with Crippen LogP contribution in [0.15, 0.2) is 42.9 Å². The van der Waals surface area contributed by atoms with Crippen molar-refractivity contribution < 1.29 is 0 Å². The van der Waals surface area contributed by atoms with Gasteiger partial charge in [-0.05, 0) is 24.3 Å². The van der Waals surface area contributed by atoms with Gasteiger partial charge in [0.25, 0.3) is 0 Å². The molecular formula is C12H7ClN2. The number of pyridine rings is 2. The van der Waals surface area contributed by atoms with Gasteiger partial charge < -0.3 is 0 Å². The second-order valence-corrected chi connectivity index (χ2v) is 3.19. The van der Waals surface area contributed by atoms with Crippen LogP contribution >= 0.6 is 11.6 Å². The zero-order valence-corrected chi connectivity index (χ0v) is 8.57. The van der Waals surface area contributed by atoms with Gasteiger partial charge in [0.05, 0.1) is 5.56 Å². The molecule has 2 rings (SSSR count). The zero-order valence-electron chi connectivity index (χ0n) is 7.81. The van der Waals surface area contributed by atoms with Crippen molar-refractivity contribution in [2.24, 2.45) is 0 Å². The predicted octanol–water partition coefficient (Wildman–Crippen LogP) is 2.53. The standard InChI is InChI=1S/C12H7ClN2/c13-12-11(4-2-8-15-12)6-5-10-3-1-7-14-9-10/h1-4,7-9H. The summed E-state index contributed by atoms with van der Waals surface area (Å²) in [6, 6.07) is 7.37. The first-order valence-corrected chi connectivity index (χ1v) is 4.76. The Bertz CT molecular complexity index is 512. The lowest BCUT2D eigenvalue weighted by atomic mass is 10.2. The van der Waals surface area contributed by atoms with Crippen molar-refractivity contribution in [2.75, 3.05) is 0 Å². The number of hydrogen-bond acceptors (Lipinski definition) is 2. The van der Waals surface area contributed by atoms with Crippen LogP contribution < -0.4 is 0 Å². The fourth-order valence-corrected chi connectivity index (χ4v) is 1.22. The first-order chi connectivity index (χ1) is 7.36. The van der Waals surface area contributed by atoms with Gasteiger partial charge in [-0.2, -0.15) is 0 Å². The number of aromatic nitrogens is 2. The molecule has 3 heteroatoms. The van der Waals surface area contributed by atoms with E-state index in [0.29, 0.717) is 5.15 Å². The minimum absolute atomic E-state index is 0.425. The topological polar surface area (TPSA) is 25.8 Å². The summed E-state index contributed by atoms with van der Waals surface area (Å²) in [5, 5.41) is 0.425. The smallest absolute Gasteiger partial charge is 0.144 e. The largest absolute Gasteiger partial charge is 0.263 e. The molecule has 72 valence electrons. The maximum atomic E-state index is 5.86. The van der Waals surface area contributed by atoms with Crippen LogP contribution in [0.3, 0.4) is 0 Å². The molecule has 0 radical (unpaired) electrons. The van der Waals surface area contributed by atoms with Crippen molar-refractivity contribution in [3.63, 3.8) is 0 Å². The summed E-state index contributed by atoms with van der Waals surface area (Å²) in [5.74, 6) is 5.91. The third-order valence-corrected chi connectivity index (χ3v) is 2.06.